The number of carbonyl (C=O) groups is 1. The highest BCUT2D eigenvalue weighted by atomic mass is 79.9. The molecule has 4 nitrogen and oxygen atoms in total. The summed E-state index contributed by atoms with van der Waals surface area (Å²) in [6, 6.07) is 3.18. The fourth-order valence-corrected chi connectivity index (χ4v) is 2.00. The van der Waals surface area contributed by atoms with E-state index in [1.165, 1.54) is 0 Å². The van der Waals surface area contributed by atoms with Crippen molar-refractivity contribution >= 4 is 21.8 Å². The van der Waals surface area contributed by atoms with Crippen LogP contribution in [-0.4, -0.2) is 28.6 Å². The first kappa shape index (κ1) is 14.1. The van der Waals surface area contributed by atoms with Crippen LogP contribution in [0.25, 0.3) is 0 Å². The lowest BCUT2D eigenvalue weighted by molar-refractivity contribution is 0.0907. The third kappa shape index (κ3) is 4.44. The summed E-state index contributed by atoms with van der Waals surface area (Å²) in [5, 5.41) is 12.0. The second-order valence-corrected chi connectivity index (χ2v) is 5.08. The van der Waals surface area contributed by atoms with Gasteiger partial charge in [-0.15, -0.1) is 0 Å². The number of halogens is 1. The van der Waals surface area contributed by atoms with Crippen molar-refractivity contribution < 1.29 is 9.90 Å². The Labute approximate surface area is 110 Å². The molecule has 94 valence electrons. The van der Waals surface area contributed by atoms with Crippen LogP contribution in [0, 0.1) is 5.92 Å². The zero-order chi connectivity index (χ0) is 12.8. The number of carbonyl (C=O) groups excluding carboxylic acids is 1. The normalized spacial score (nSPS) is 12.5. The predicted octanol–water partition coefficient (Wildman–Crippen LogP) is 1.98. The third-order valence-electron chi connectivity index (χ3n) is 2.32. The van der Waals surface area contributed by atoms with Crippen molar-refractivity contribution in [3.05, 3.63) is 28.5 Å². The molecule has 0 fully saturated rings. The van der Waals surface area contributed by atoms with Crippen LogP contribution in [0.5, 0.6) is 0 Å². The van der Waals surface area contributed by atoms with Crippen LogP contribution in [0.1, 0.15) is 30.6 Å². The summed E-state index contributed by atoms with van der Waals surface area (Å²) in [7, 11) is 0. The molecule has 0 radical (unpaired) electrons. The van der Waals surface area contributed by atoms with Gasteiger partial charge in [-0.2, -0.15) is 0 Å². The van der Waals surface area contributed by atoms with Crippen molar-refractivity contribution in [3.63, 3.8) is 0 Å². The average molecular weight is 301 g/mol. The Bertz CT molecular complexity index is 383. The second kappa shape index (κ2) is 6.71. The van der Waals surface area contributed by atoms with Crippen molar-refractivity contribution in [2.24, 2.45) is 5.92 Å². The average Bonchev–Trinajstić information content (AvgIpc) is 2.27. The van der Waals surface area contributed by atoms with E-state index in [2.05, 4.69) is 40.1 Å². The molecule has 1 atom stereocenters. The van der Waals surface area contributed by atoms with E-state index < -0.39 is 0 Å². The number of pyridine rings is 1. The summed E-state index contributed by atoms with van der Waals surface area (Å²) in [4.78, 5) is 15.9. The summed E-state index contributed by atoms with van der Waals surface area (Å²) >= 11 is 3.23. The topological polar surface area (TPSA) is 62.2 Å². The molecule has 1 rings (SSSR count). The number of hydrogen-bond acceptors (Lipinski definition) is 3. The summed E-state index contributed by atoms with van der Waals surface area (Å²) in [5.41, 5.74) is 0.481. The molecule has 5 heteroatoms. The van der Waals surface area contributed by atoms with Crippen molar-refractivity contribution in [2.75, 3.05) is 6.61 Å². The number of aliphatic hydroxyl groups excluding tert-OH is 1. The molecular weight excluding hydrogens is 284 g/mol. The first-order valence-electron chi connectivity index (χ1n) is 5.56. The lowest BCUT2D eigenvalue weighted by Gasteiger charge is -2.18. The number of aliphatic hydroxyl groups is 1. The molecule has 0 aliphatic carbocycles. The SMILES string of the molecule is CC(C)CC(CO)NC(=O)c1cccnc1Br. The highest BCUT2D eigenvalue weighted by Gasteiger charge is 2.16. The molecule has 0 saturated heterocycles. The first-order chi connectivity index (χ1) is 8.04. The summed E-state index contributed by atoms with van der Waals surface area (Å²) in [6.07, 6.45) is 2.36. The van der Waals surface area contributed by atoms with Gasteiger partial charge in [-0.25, -0.2) is 4.98 Å². The largest absolute Gasteiger partial charge is 0.394 e. The lowest BCUT2D eigenvalue weighted by Crippen LogP contribution is -2.38. The zero-order valence-electron chi connectivity index (χ0n) is 9.98. The Morgan fingerprint density at radius 2 is 2.29 bits per heavy atom. The molecule has 1 aromatic heterocycles. The minimum atomic E-state index is -0.218. The molecule has 0 aliphatic rings. The minimum Gasteiger partial charge on any atom is -0.394 e. The van der Waals surface area contributed by atoms with Crippen molar-refractivity contribution in [2.45, 2.75) is 26.3 Å². The Balaban J connectivity index is 2.68. The van der Waals surface area contributed by atoms with Gasteiger partial charge in [0.05, 0.1) is 18.2 Å². The van der Waals surface area contributed by atoms with E-state index in [0.717, 1.165) is 6.42 Å². The van der Waals surface area contributed by atoms with Crippen molar-refractivity contribution in [3.8, 4) is 0 Å². The lowest BCUT2D eigenvalue weighted by atomic mass is 10.0. The molecule has 1 aromatic rings. The molecule has 1 heterocycles. The maximum absolute atomic E-state index is 11.9. The molecule has 0 aromatic carbocycles. The van der Waals surface area contributed by atoms with E-state index in [4.69, 9.17) is 0 Å². The number of nitrogens with zero attached hydrogens (tertiary/aromatic N) is 1. The first-order valence-corrected chi connectivity index (χ1v) is 6.36. The van der Waals surface area contributed by atoms with E-state index in [1.807, 2.05) is 0 Å². The number of nitrogens with one attached hydrogen (secondary N) is 1. The summed E-state index contributed by atoms with van der Waals surface area (Å²) < 4.78 is 0.513. The molecule has 0 spiro atoms. The molecular formula is C12H17BrN2O2. The van der Waals surface area contributed by atoms with Crippen LogP contribution in [0.3, 0.4) is 0 Å². The zero-order valence-corrected chi connectivity index (χ0v) is 11.6. The van der Waals surface area contributed by atoms with Gasteiger partial charge in [-0.3, -0.25) is 4.79 Å². The van der Waals surface area contributed by atoms with Crippen LogP contribution in [0.15, 0.2) is 22.9 Å². The van der Waals surface area contributed by atoms with Gasteiger partial charge in [-0.1, -0.05) is 13.8 Å². The molecule has 0 bridgehead atoms. The Morgan fingerprint density at radius 3 is 2.82 bits per heavy atom. The Hall–Kier alpha value is -0.940. The van der Waals surface area contributed by atoms with Crippen molar-refractivity contribution in [1.82, 2.24) is 10.3 Å². The fraction of sp³-hybridized carbons (Fsp3) is 0.500. The summed E-state index contributed by atoms with van der Waals surface area (Å²) in [5.74, 6) is 0.203. The molecule has 17 heavy (non-hydrogen) atoms. The van der Waals surface area contributed by atoms with Gasteiger partial charge < -0.3 is 10.4 Å². The number of aromatic nitrogens is 1. The van der Waals surface area contributed by atoms with Crippen LogP contribution in [0.2, 0.25) is 0 Å². The number of rotatable bonds is 5. The third-order valence-corrected chi connectivity index (χ3v) is 2.95. The van der Waals surface area contributed by atoms with E-state index in [9.17, 15) is 9.90 Å². The van der Waals surface area contributed by atoms with Gasteiger partial charge in [0.25, 0.3) is 5.91 Å². The maximum atomic E-state index is 11.9. The van der Waals surface area contributed by atoms with Gasteiger partial charge in [-0.05, 0) is 40.4 Å². The fourth-order valence-electron chi connectivity index (χ4n) is 1.57. The van der Waals surface area contributed by atoms with Gasteiger partial charge in [0.2, 0.25) is 0 Å². The molecule has 1 amide bonds. The number of hydrogen-bond donors (Lipinski definition) is 2. The van der Waals surface area contributed by atoms with E-state index in [0.29, 0.717) is 16.1 Å². The molecule has 0 saturated carbocycles. The van der Waals surface area contributed by atoms with E-state index in [-0.39, 0.29) is 18.6 Å². The monoisotopic (exact) mass is 300 g/mol. The highest BCUT2D eigenvalue weighted by Crippen LogP contribution is 2.13. The molecule has 1 unspecified atom stereocenters. The van der Waals surface area contributed by atoms with Crippen molar-refractivity contribution in [1.29, 1.82) is 0 Å². The molecule has 0 aliphatic heterocycles. The van der Waals surface area contributed by atoms with E-state index >= 15 is 0 Å². The van der Waals surface area contributed by atoms with Crippen LogP contribution in [0.4, 0.5) is 0 Å². The quantitative estimate of drug-likeness (QED) is 0.818. The Morgan fingerprint density at radius 1 is 1.59 bits per heavy atom. The standard InChI is InChI=1S/C12H17BrN2O2/c1-8(2)6-9(7-16)15-12(17)10-4-3-5-14-11(10)13/h3-5,8-9,16H,6-7H2,1-2H3,(H,15,17). The summed E-state index contributed by atoms with van der Waals surface area (Å²) in [6.45, 7) is 4.05. The smallest absolute Gasteiger partial charge is 0.254 e. The highest BCUT2D eigenvalue weighted by molar-refractivity contribution is 9.10. The minimum absolute atomic E-state index is 0.0538. The van der Waals surface area contributed by atoms with Crippen LogP contribution in [-0.2, 0) is 0 Å². The van der Waals surface area contributed by atoms with Gasteiger partial charge in [0.15, 0.2) is 0 Å². The predicted molar refractivity (Wildman–Crippen MR) is 69.7 cm³/mol. The number of amides is 1. The van der Waals surface area contributed by atoms with Gasteiger partial charge in [0.1, 0.15) is 4.60 Å². The Kier molecular flexibility index (Phi) is 5.58. The van der Waals surface area contributed by atoms with Gasteiger partial charge in [0, 0.05) is 6.20 Å². The molecule has 2 N–H and O–H groups in total. The second-order valence-electron chi connectivity index (χ2n) is 4.32. The van der Waals surface area contributed by atoms with Crippen LogP contribution >= 0.6 is 15.9 Å². The van der Waals surface area contributed by atoms with Gasteiger partial charge >= 0.3 is 0 Å². The maximum Gasteiger partial charge on any atom is 0.254 e. The van der Waals surface area contributed by atoms with E-state index in [1.54, 1.807) is 18.3 Å². The van der Waals surface area contributed by atoms with Crippen LogP contribution < -0.4 is 5.32 Å².